The first-order chi connectivity index (χ1) is 17.8. The van der Waals surface area contributed by atoms with E-state index in [0.717, 1.165) is 0 Å². The Labute approximate surface area is 225 Å². The van der Waals surface area contributed by atoms with E-state index in [4.69, 9.17) is 0 Å². The Morgan fingerprint density at radius 3 is 2.37 bits per heavy atom. The van der Waals surface area contributed by atoms with Crippen LogP contribution in [0.5, 0.6) is 0 Å². The second kappa shape index (κ2) is 10.5. The van der Waals surface area contributed by atoms with E-state index in [2.05, 4.69) is 16.0 Å². The third-order valence-electron chi connectivity index (χ3n) is 8.29. The van der Waals surface area contributed by atoms with Crippen LogP contribution in [0.15, 0.2) is 10.6 Å². The average molecular weight is 552 g/mol. The van der Waals surface area contributed by atoms with Gasteiger partial charge in [-0.15, -0.1) is 11.8 Å². The van der Waals surface area contributed by atoms with Gasteiger partial charge >= 0.3 is 5.97 Å². The summed E-state index contributed by atoms with van der Waals surface area (Å²) in [5, 5.41) is 28.6. The van der Waals surface area contributed by atoms with Gasteiger partial charge in [-0.2, -0.15) is 0 Å². The van der Waals surface area contributed by atoms with Gasteiger partial charge in [-0.3, -0.25) is 19.2 Å². The first kappa shape index (κ1) is 28.4. The number of fused-ring (bicyclic) bond motifs is 1. The van der Waals surface area contributed by atoms with Crippen molar-refractivity contribution in [1.82, 2.24) is 25.8 Å². The Morgan fingerprint density at radius 1 is 1.16 bits per heavy atom. The Kier molecular flexibility index (Phi) is 7.84. The topological polar surface area (TPSA) is 168 Å². The van der Waals surface area contributed by atoms with E-state index in [9.17, 15) is 34.2 Å². The van der Waals surface area contributed by atoms with E-state index in [0.29, 0.717) is 17.9 Å². The van der Waals surface area contributed by atoms with E-state index in [1.54, 1.807) is 27.9 Å². The van der Waals surface area contributed by atoms with Crippen LogP contribution in [-0.4, -0.2) is 106 Å². The van der Waals surface area contributed by atoms with E-state index in [1.165, 1.54) is 28.5 Å². The molecule has 210 valence electrons. The van der Waals surface area contributed by atoms with Gasteiger partial charge in [0.2, 0.25) is 23.6 Å². The zero-order valence-corrected chi connectivity index (χ0v) is 23.2. The number of β-lactam (4-membered cyclic amide) rings is 2. The normalized spacial score (nSPS) is 34.5. The quantitative estimate of drug-likeness (QED) is 0.225. The smallest absolute Gasteiger partial charge is 0.353 e. The molecule has 0 aromatic rings. The fraction of sp³-hybridized carbons (Fsp3) is 0.720. The summed E-state index contributed by atoms with van der Waals surface area (Å²) in [6.07, 6.45) is -0.326. The third-order valence-corrected chi connectivity index (χ3v) is 9.81. The number of aliphatic hydroxyl groups excluding tert-OH is 1. The molecule has 0 aromatic carbocycles. The van der Waals surface area contributed by atoms with Crippen LogP contribution < -0.4 is 16.0 Å². The van der Waals surface area contributed by atoms with Crippen LogP contribution in [0, 0.1) is 23.7 Å². The highest BCUT2D eigenvalue weighted by atomic mass is 32.2. The summed E-state index contributed by atoms with van der Waals surface area (Å²) in [6.45, 7) is 7.35. The number of aliphatic hydroxyl groups is 1. The van der Waals surface area contributed by atoms with Crippen molar-refractivity contribution < 1.29 is 34.2 Å². The molecule has 38 heavy (non-hydrogen) atoms. The third kappa shape index (κ3) is 4.68. The lowest BCUT2D eigenvalue weighted by atomic mass is 9.76. The molecular formula is C25H37N5O7S. The zero-order valence-electron chi connectivity index (χ0n) is 22.4. The summed E-state index contributed by atoms with van der Waals surface area (Å²) in [5.41, 5.74) is -0.0139. The molecule has 5 N–H and O–H groups in total. The Bertz CT molecular complexity index is 1080. The van der Waals surface area contributed by atoms with Crippen molar-refractivity contribution in [2.75, 3.05) is 20.6 Å². The lowest BCUT2D eigenvalue weighted by Gasteiger charge is -2.48. The Hall–Kier alpha value is -2.64. The SMILES string of the molecule is CC(O)C1C(=O)NC1[C@@H](C)C(=O)N[C@H](C)[C@H]1C(=O)N2C(C(=O)O)=C(S[C@@H]3CN[C@H](C(=O)N(C)C)C3)[C@H](C)[C@H]12. The first-order valence-electron chi connectivity index (χ1n) is 13.0. The number of carboxylic acids is 1. The van der Waals surface area contributed by atoms with Gasteiger partial charge in [-0.05, 0) is 20.3 Å². The van der Waals surface area contributed by atoms with Crippen LogP contribution >= 0.6 is 11.8 Å². The number of rotatable bonds is 9. The van der Waals surface area contributed by atoms with Crippen molar-refractivity contribution in [3.63, 3.8) is 0 Å². The number of aliphatic carboxylic acids is 1. The molecule has 4 aliphatic heterocycles. The van der Waals surface area contributed by atoms with Crippen molar-refractivity contribution in [1.29, 1.82) is 0 Å². The number of hydrogen-bond acceptors (Lipinski definition) is 8. The molecule has 0 bridgehead atoms. The molecule has 0 spiro atoms. The summed E-state index contributed by atoms with van der Waals surface area (Å²) >= 11 is 1.41. The minimum atomic E-state index is -1.17. The molecule has 10 atom stereocenters. The second-order valence-electron chi connectivity index (χ2n) is 11.1. The maximum absolute atomic E-state index is 13.2. The zero-order chi connectivity index (χ0) is 28.2. The summed E-state index contributed by atoms with van der Waals surface area (Å²) < 4.78 is 0. The van der Waals surface area contributed by atoms with Crippen LogP contribution in [0.1, 0.15) is 34.1 Å². The lowest BCUT2D eigenvalue weighted by Crippen LogP contribution is -2.68. The van der Waals surface area contributed by atoms with E-state index in [1.807, 2.05) is 6.92 Å². The predicted octanol–water partition coefficient (Wildman–Crippen LogP) is -1.05. The molecule has 4 heterocycles. The van der Waals surface area contributed by atoms with Crippen molar-refractivity contribution in [2.45, 2.75) is 69.6 Å². The number of hydrogen-bond donors (Lipinski definition) is 5. The molecule has 0 saturated carbocycles. The number of carbonyl (C=O) groups excluding carboxylic acids is 4. The van der Waals surface area contributed by atoms with E-state index in [-0.39, 0.29) is 46.5 Å². The summed E-state index contributed by atoms with van der Waals surface area (Å²) in [6, 6.07) is -1.79. The fourth-order valence-corrected chi connectivity index (χ4v) is 7.63. The summed E-state index contributed by atoms with van der Waals surface area (Å²) in [5.74, 6) is -4.32. The monoisotopic (exact) mass is 551 g/mol. The minimum Gasteiger partial charge on any atom is -0.477 e. The average Bonchev–Trinajstić information content (AvgIpc) is 3.37. The van der Waals surface area contributed by atoms with E-state index < -0.39 is 48.0 Å². The molecule has 4 aliphatic rings. The molecule has 0 aromatic heterocycles. The maximum atomic E-state index is 13.2. The number of thioether (sulfide) groups is 1. The number of likely N-dealkylation sites (N-methyl/N-ethyl adjacent to an activating group) is 1. The van der Waals surface area contributed by atoms with Crippen LogP contribution in [0.4, 0.5) is 0 Å². The number of carboxylic acid groups (broad SMARTS) is 1. The van der Waals surface area contributed by atoms with Gasteiger partial charge in [0.05, 0.1) is 42.0 Å². The molecule has 0 radical (unpaired) electrons. The molecule has 0 aliphatic carbocycles. The molecule has 3 saturated heterocycles. The van der Waals surface area contributed by atoms with Gasteiger partial charge in [-0.1, -0.05) is 13.8 Å². The highest BCUT2D eigenvalue weighted by Gasteiger charge is 2.61. The molecule has 13 heteroatoms. The van der Waals surface area contributed by atoms with Crippen molar-refractivity contribution in [2.24, 2.45) is 23.7 Å². The fourth-order valence-electron chi connectivity index (χ4n) is 6.15. The van der Waals surface area contributed by atoms with Gasteiger partial charge in [0.15, 0.2) is 0 Å². The van der Waals surface area contributed by atoms with Crippen molar-refractivity contribution in [3.05, 3.63) is 10.6 Å². The largest absolute Gasteiger partial charge is 0.477 e. The van der Waals surface area contributed by atoms with Crippen molar-refractivity contribution >= 4 is 41.4 Å². The Morgan fingerprint density at radius 2 is 1.82 bits per heavy atom. The second-order valence-corrected chi connectivity index (χ2v) is 12.4. The highest BCUT2D eigenvalue weighted by Crippen LogP contribution is 2.52. The maximum Gasteiger partial charge on any atom is 0.353 e. The minimum absolute atomic E-state index is 0.0134. The molecular weight excluding hydrogens is 514 g/mol. The number of carbonyl (C=O) groups is 5. The van der Waals surface area contributed by atoms with Gasteiger partial charge in [-0.25, -0.2) is 4.79 Å². The van der Waals surface area contributed by atoms with Gasteiger partial charge in [0, 0.05) is 42.8 Å². The van der Waals surface area contributed by atoms with Gasteiger partial charge in [0.1, 0.15) is 5.70 Å². The van der Waals surface area contributed by atoms with Crippen LogP contribution in [0.2, 0.25) is 0 Å². The molecule has 12 nitrogen and oxygen atoms in total. The standard InChI is InChI=1S/C25H37N5O7S/c1-9(17-16(12(4)31)22(33)28-17)21(32)27-11(3)15-18-10(2)20(19(25(36)37)30(18)24(15)35)38-13-7-14(26-8-13)23(34)29(5)6/h9-18,26,31H,7-8H2,1-6H3,(H,27,32)(H,28,33)(H,36,37)/t9-,10-,11-,12?,13+,14+,15-,16?,17?,18-/m1/s1. The van der Waals surface area contributed by atoms with Crippen LogP contribution in [-0.2, 0) is 24.0 Å². The number of amides is 4. The number of nitrogens with zero attached hydrogens (tertiary/aromatic N) is 2. The molecule has 3 unspecified atom stereocenters. The van der Waals surface area contributed by atoms with Crippen LogP contribution in [0.25, 0.3) is 0 Å². The summed E-state index contributed by atoms with van der Waals surface area (Å²) in [4.78, 5) is 66.0. The van der Waals surface area contributed by atoms with E-state index >= 15 is 0 Å². The van der Waals surface area contributed by atoms with Gasteiger partial charge in [0.25, 0.3) is 0 Å². The predicted molar refractivity (Wildman–Crippen MR) is 138 cm³/mol. The first-order valence-corrected chi connectivity index (χ1v) is 13.8. The number of nitrogens with one attached hydrogen (secondary N) is 3. The van der Waals surface area contributed by atoms with Crippen LogP contribution in [0.3, 0.4) is 0 Å². The Balaban J connectivity index is 1.42. The highest BCUT2D eigenvalue weighted by molar-refractivity contribution is 8.03. The molecule has 3 fully saturated rings. The molecule has 4 rings (SSSR count). The van der Waals surface area contributed by atoms with Gasteiger partial charge < -0.3 is 36.0 Å². The van der Waals surface area contributed by atoms with Crippen molar-refractivity contribution in [3.8, 4) is 0 Å². The lowest BCUT2D eigenvalue weighted by molar-refractivity contribution is -0.158. The molecule has 4 amide bonds. The summed E-state index contributed by atoms with van der Waals surface area (Å²) in [7, 11) is 3.39.